The summed E-state index contributed by atoms with van der Waals surface area (Å²) in [5, 5.41) is 17.4. The Kier molecular flexibility index (Phi) is 13.6. The van der Waals surface area contributed by atoms with Crippen LogP contribution in [-0.2, 0) is 0 Å². The summed E-state index contributed by atoms with van der Waals surface area (Å²) in [7, 11) is 72.5. The van der Waals surface area contributed by atoms with Crippen LogP contribution in [0.3, 0.4) is 0 Å². The first-order valence-electron chi connectivity index (χ1n) is 30.0. The van der Waals surface area contributed by atoms with Gasteiger partial charge in [-0.05, 0) is 109 Å². The molecule has 0 aliphatic rings. The highest BCUT2D eigenvalue weighted by Gasteiger charge is 2.34. The molecule has 0 aliphatic carbocycles. The summed E-state index contributed by atoms with van der Waals surface area (Å²) >= 11 is 0. The maximum Gasteiger partial charge on any atom is 0.140 e. The molecular formula is C50H60B30. The smallest absolute Gasteiger partial charge is 0.102 e. The molecule has 0 N–H and O–H groups in total. The molecule has 0 heterocycles. The molecule has 11 aromatic rings. The normalized spacial score (nSPS) is 12.0. The molecule has 350 valence electrons. The van der Waals surface area contributed by atoms with E-state index in [1.54, 1.807) is 0 Å². The Labute approximate surface area is 504 Å². The van der Waals surface area contributed by atoms with Crippen LogP contribution in [0.2, 0.25) is 0 Å². The lowest BCUT2D eigenvalue weighted by atomic mass is 9.54. The average molecular weight is 985 g/mol. The highest BCUT2D eigenvalue weighted by Crippen LogP contribution is 2.40. The fourth-order valence-electron chi connectivity index (χ4n) is 17.0. The van der Waals surface area contributed by atoms with Gasteiger partial charge in [0.2, 0.25) is 0 Å². The minimum absolute atomic E-state index is 1.38. The van der Waals surface area contributed by atoms with Crippen LogP contribution < -0.4 is 164 Å². The predicted molar refractivity (Wildman–Crippen MR) is 461 cm³/mol. The van der Waals surface area contributed by atoms with E-state index in [0.29, 0.717) is 0 Å². The second-order valence-corrected chi connectivity index (χ2v) is 26.2. The van der Waals surface area contributed by atoms with Gasteiger partial charge in [0.25, 0.3) is 0 Å². The van der Waals surface area contributed by atoms with E-state index in [-0.39, 0.29) is 0 Å². The summed E-state index contributed by atoms with van der Waals surface area (Å²) in [4.78, 5) is 0. The molecule has 0 aromatic heterocycles. The van der Waals surface area contributed by atoms with Gasteiger partial charge in [0.05, 0.1) is 0 Å². The zero-order chi connectivity index (χ0) is 58.9. The molecular weight excluding hydrogens is 925 g/mol. The molecule has 0 unspecified atom stereocenters. The van der Waals surface area contributed by atoms with E-state index in [1.807, 2.05) is 0 Å². The average Bonchev–Trinajstić information content (AvgIpc) is 2.47. The molecule has 0 aliphatic heterocycles. The van der Waals surface area contributed by atoms with E-state index in [4.69, 9.17) is 0 Å². The van der Waals surface area contributed by atoms with Crippen molar-refractivity contribution in [3.05, 3.63) is 0 Å². The summed E-state index contributed by atoms with van der Waals surface area (Å²) < 4.78 is 0. The Bertz CT molecular complexity index is 4730. The van der Waals surface area contributed by atoms with E-state index in [1.165, 1.54) is 273 Å². The van der Waals surface area contributed by atoms with Gasteiger partial charge in [-0.3, -0.25) is 0 Å². The molecule has 30 heteroatoms. The minimum Gasteiger partial charge on any atom is -0.102 e. The van der Waals surface area contributed by atoms with Crippen molar-refractivity contribution in [2.45, 2.75) is 0 Å². The Hall–Kier alpha value is -4.55. The second kappa shape index (κ2) is 19.0. The molecule has 80 heavy (non-hydrogen) atoms. The predicted octanol–water partition coefficient (Wildman–Crippen LogP) is -38.1. The molecule has 0 amide bonds. The maximum absolute atomic E-state index is 2.53. The molecule has 0 atom stereocenters. The lowest BCUT2D eigenvalue weighted by Crippen LogP contribution is -2.56. The van der Waals surface area contributed by atoms with Crippen LogP contribution >= 0.6 is 0 Å². The van der Waals surface area contributed by atoms with Gasteiger partial charge < -0.3 is 0 Å². The third-order valence-corrected chi connectivity index (χ3v) is 23.6. The van der Waals surface area contributed by atoms with Crippen molar-refractivity contribution < 1.29 is 0 Å². The molecule has 0 saturated heterocycles. The number of benzene rings is 11. The molecule has 0 bridgehead atoms. The van der Waals surface area contributed by atoms with E-state index < -0.39 is 0 Å². The van der Waals surface area contributed by atoms with E-state index in [0.717, 1.165) is 0 Å². The van der Waals surface area contributed by atoms with Crippen LogP contribution in [0.5, 0.6) is 0 Å². The van der Waals surface area contributed by atoms with Gasteiger partial charge in [0.1, 0.15) is 235 Å². The second-order valence-electron chi connectivity index (χ2n) is 26.2. The third kappa shape index (κ3) is 6.95. The van der Waals surface area contributed by atoms with Crippen molar-refractivity contribution in [1.29, 1.82) is 0 Å². The van der Waals surface area contributed by atoms with Crippen molar-refractivity contribution >= 4 is 464 Å². The largest absolute Gasteiger partial charge is 0.140 e. The molecule has 0 radical (unpaired) electrons. The first-order valence-corrected chi connectivity index (χ1v) is 30.0. The highest BCUT2D eigenvalue weighted by molar-refractivity contribution is 6.79. The fraction of sp³-hybridized carbons (Fsp3) is 0. The minimum atomic E-state index is 1.38. The van der Waals surface area contributed by atoms with Crippen LogP contribution in [0.15, 0.2) is 0 Å². The standard InChI is InChI=1S/C50H60B30/c51-21-7(8-5-1-3-15(31(61)22(5)52)38(68)44(74)40(70)17(3)35(65)33(63)13(1)29(59)24(8)54)11(20-42(72)48(78)50(80)49(79)43(20)73)26(56)37(67)19(21)12-10(27(57)46(76)47(77)28(12)58)9-6-2-4-16(32(62)23(6)53)39(69)45(75)41(71)18(4)36(66)34(64)14(2)30(60)25(9)55/h51-80H2. The number of hydrogen-bond acceptors (Lipinski definition) is 0. The van der Waals surface area contributed by atoms with Gasteiger partial charge in [-0.25, -0.2) is 0 Å². The van der Waals surface area contributed by atoms with E-state index in [9.17, 15) is 0 Å². The topological polar surface area (TPSA) is 0 Å². The molecule has 0 fully saturated rings. The Morgan fingerprint density at radius 3 is 0.487 bits per heavy atom. The molecule has 0 spiro atoms. The van der Waals surface area contributed by atoms with Crippen LogP contribution in [0.25, 0.3) is 109 Å². The Morgan fingerprint density at radius 1 is 0.0750 bits per heavy atom. The summed E-state index contributed by atoms with van der Waals surface area (Å²) in [6, 6.07) is 0. The van der Waals surface area contributed by atoms with Crippen molar-refractivity contribution in [2.24, 2.45) is 0 Å². The molecule has 11 rings (SSSR count). The van der Waals surface area contributed by atoms with Crippen molar-refractivity contribution in [3.8, 4) is 44.5 Å². The van der Waals surface area contributed by atoms with E-state index in [2.05, 4.69) is 235 Å². The van der Waals surface area contributed by atoms with Gasteiger partial charge in [-0.15, -0.1) is 38.2 Å². The zero-order valence-corrected chi connectivity index (χ0v) is 55.0. The summed E-state index contributed by atoms with van der Waals surface area (Å²) in [6.07, 6.45) is 0. The van der Waals surface area contributed by atoms with Crippen LogP contribution in [0.1, 0.15) is 0 Å². The molecule has 0 nitrogen and oxygen atoms in total. The molecule has 0 saturated carbocycles. The number of rotatable bonds is 4. The Balaban J connectivity index is 1.44. The SMILES string of the molecule is Bc1c(B)c(B)c(-c2c(B)c(B)c(-c3c(B)c(B)c(B)c(B)c3-c3c(B)c(B)c4c(B)c(B)c5c(B)c(B)c(B)c6c(B)c(B)c3c4c56)c(B)c2-c2c(B)c(B)c3c(B)c(B)c4c(B)c(B)c(B)c5c(B)c(B)c2c3c45)c(B)c1B. The monoisotopic (exact) mass is 991 g/mol. The van der Waals surface area contributed by atoms with Crippen molar-refractivity contribution in [1.82, 2.24) is 0 Å². The van der Waals surface area contributed by atoms with Crippen LogP contribution in [0, 0.1) is 0 Å². The van der Waals surface area contributed by atoms with Gasteiger partial charge in [-0.1, -0.05) is 126 Å². The summed E-state index contributed by atoms with van der Waals surface area (Å²) in [5.41, 5.74) is 53.4. The Morgan fingerprint density at radius 2 is 0.200 bits per heavy atom. The van der Waals surface area contributed by atoms with Gasteiger partial charge in [0, 0.05) is 0 Å². The van der Waals surface area contributed by atoms with Crippen LogP contribution in [0.4, 0.5) is 0 Å². The van der Waals surface area contributed by atoms with Gasteiger partial charge in [0.15, 0.2) is 0 Å². The van der Waals surface area contributed by atoms with Crippen molar-refractivity contribution in [3.63, 3.8) is 0 Å². The maximum atomic E-state index is 2.53. The first kappa shape index (κ1) is 57.3. The van der Waals surface area contributed by atoms with E-state index >= 15 is 0 Å². The third-order valence-electron chi connectivity index (χ3n) is 23.6. The van der Waals surface area contributed by atoms with Crippen LogP contribution in [-0.4, -0.2) is 235 Å². The quantitative estimate of drug-likeness (QED) is 0.122. The van der Waals surface area contributed by atoms with Crippen molar-refractivity contribution in [2.75, 3.05) is 0 Å². The zero-order valence-electron chi connectivity index (χ0n) is 55.0. The summed E-state index contributed by atoms with van der Waals surface area (Å²) in [5.74, 6) is 0. The number of hydrogen-bond donors (Lipinski definition) is 0. The molecule has 11 aromatic carbocycles. The summed E-state index contributed by atoms with van der Waals surface area (Å²) in [6.45, 7) is 0. The lowest BCUT2D eigenvalue weighted by molar-refractivity contribution is 1.75. The fourth-order valence-corrected chi connectivity index (χ4v) is 17.0. The first-order chi connectivity index (χ1) is 37.3. The lowest BCUT2D eigenvalue weighted by Gasteiger charge is -2.34. The van der Waals surface area contributed by atoms with Gasteiger partial charge in [-0.2, -0.15) is 0 Å². The van der Waals surface area contributed by atoms with Gasteiger partial charge >= 0.3 is 0 Å². The highest BCUT2D eigenvalue weighted by atomic mass is 14.3.